The SMILES string of the molecule is O=C(C1CCOCC1)N1CCC(c2nsc3cc(Nc4n[nH]c5cccnc45)ccc23)CC1. The van der Waals surface area contributed by atoms with Crippen molar-refractivity contribution in [2.75, 3.05) is 31.6 Å². The quantitative estimate of drug-likeness (QED) is 0.465. The van der Waals surface area contributed by atoms with Gasteiger partial charge in [-0.1, -0.05) is 0 Å². The number of nitrogens with zero attached hydrogens (tertiary/aromatic N) is 4. The Labute approximate surface area is 195 Å². The molecule has 170 valence electrons. The minimum atomic E-state index is 0.142. The van der Waals surface area contributed by atoms with Gasteiger partial charge in [0.25, 0.3) is 0 Å². The molecule has 2 fully saturated rings. The molecule has 1 amide bonds. The molecule has 0 aliphatic carbocycles. The van der Waals surface area contributed by atoms with Gasteiger partial charge in [0.1, 0.15) is 5.52 Å². The van der Waals surface area contributed by atoms with E-state index in [2.05, 4.69) is 43.6 Å². The Bertz CT molecular complexity index is 1290. The number of carbonyl (C=O) groups excluding carboxylic acids is 1. The topological polar surface area (TPSA) is 96.0 Å². The summed E-state index contributed by atoms with van der Waals surface area (Å²) in [4.78, 5) is 19.3. The van der Waals surface area contributed by atoms with Crippen LogP contribution in [0.25, 0.3) is 21.1 Å². The summed E-state index contributed by atoms with van der Waals surface area (Å²) in [5.74, 6) is 1.58. The normalized spacial score (nSPS) is 18.2. The molecule has 4 aromatic rings. The second-order valence-electron chi connectivity index (χ2n) is 8.86. The van der Waals surface area contributed by atoms with Crippen molar-refractivity contribution in [2.24, 2.45) is 5.92 Å². The maximum absolute atomic E-state index is 12.8. The van der Waals surface area contributed by atoms with Crippen molar-refractivity contribution < 1.29 is 9.53 Å². The van der Waals surface area contributed by atoms with E-state index in [9.17, 15) is 4.79 Å². The van der Waals surface area contributed by atoms with Gasteiger partial charge in [0.05, 0.1) is 15.9 Å². The fourth-order valence-corrected chi connectivity index (χ4v) is 5.88. The van der Waals surface area contributed by atoms with Gasteiger partial charge in [-0.3, -0.25) is 14.9 Å². The Kier molecular flexibility index (Phi) is 5.43. The average Bonchev–Trinajstić information content (AvgIpc) is 3.48. The highest BCUT2D eigenvalue weighted by Gasteiger charge is 2.31. The van der Waals surface area contributed by atoms with Gasteiger partial charge >= 0.3 is 0 Å². The highest BCUT2D eigenvalue weighted by Crippen LogP contribution is 2.36. The molecule has 5 heterocycles. The molecular formula is C24H26N6O2S. The van der Waals surface area contributed by atoms with E-state index in [-0.39, 0.29) is 5.92 Å². The van der Waals surface area contributed by atoms with Crippen LogP contribution in [-0.4, -0.2) is 56.7 Å². The Hall–Kier alpha value is -3.04. The molecule has 0 unspecified atom stereocenters. The van der Waals surface area contributed by atoms with E-state index in [1.807, 2.05) is 12.1 Å². The smallest absolute Gasteiger partial charge is 0.225 e. The van der Waals surface area contributed by atoms with Crippen LogP contribution < -0.4 is 5.32 Å². The molecule has 0 radical (unpaired) electrons. The number of piperidine rings is 1. The first-order valence-electron chi connectivity index (χ1n) is 11.6. The number of anilines is 2. The van der Waals surface area contributed by atoms with E-state index in [0.717, 1.165) is 66.0 Å². The molecule has 2 N–H and O–H groups in total. The predicted octanol–water partition coefficient (Wildman–Crippen LogP) is 4.44. The summed E-state index contributed by atoms with van der Waals surface area (Å²) in [6.07, 6.45) is 5.42. The largest absolute Gasteiger partial charge is 0.381 e. The molecule has 2 aliphatic heterocycles. The molecule has 3 aromatic heterocycles. The second kappa shape index (κ2) is 8.72. The standard InChI is InChI=1S/C24H26N6O2S/c31-24(16-7-12-32-13-8-16)30-10-5-15(6-11-30)21-18-4-3-17(14-20(18)33-29-21)26-23-22-19(27-28-23)2-1-9-25-22/h1-4,9,14-16H,5-8,10-13H2,(H2,26,27,28). The summed E-state index contributed by atoms with van der Waals surface area (Å²) < 4.78 is 11.4. The van der Waals surface area contributed by atoms with Gasteiger partial charge in [0, 0.05) is 55.4 Å². The first kappa shape index (κ1) is 20.6. The zero-order valence-electron chi connectivity index (χ0n) is 18.3. The number of carbonyl (C=O) groups is 1. The second-order valence-corrected chi connectivity index (χ2v) is 9.67. The minimum Gasteiger partial charge on any atom is -0.381 e. The number of benzene rings is 1. The number of nitrogens with one attached hydrogen (secondary N) is 2. The van der Waals surface area contributed by atoms with E-state index in [4.69, 9.17) is 9.11 Å². The molecular weight excluding hydrogens is 436 g/mol. The minimum absolute atomic E-state index is 0.142. The van der Waals surface area contributed by atoms with Crippen molar-refractivity contribution in [3.63, 3.8) is 0 Å². The number of fused-ring (bicyclic) bond motifs is 2. The number of pyridine rings is 1. The lowest BCUT2D eigenvalue weighted by Crippen LogP contribution is -2.42. The number of H-pyrrole nitrogens is 1. The molecule has 9 heteroatoms. The number of aromatic nitrogens is 4. The number of ether oxygens (including phenoxy) is 1. The van der Waals surface area contributed by atoms with Crippen LogP contribution in [0.1, 0.15) is 37.3 Å². The number of likely N-dealkylation sites (tertiary alicyclic amines) is 1. The Morgan fingerprint density at radius 2 is 2.00 bits per heavy atom. The Balaban J connectivity index is 1.15. The maximum Gasteiger partial charge on any atom is 0.225 e. The third-order valence-corrected chi connectivity index (χ3v) is 7.67. The van der Waals surface area contributed by atoms with Crippen LogP contribution in [0, 0.1) is 5.92 Å². The fraction of sp³-hybridized carbons (Fsp3) is 0.417. The molecule has 0 spiro atoms. The van der Waals surface area contributed by atoms with E-state index >= 15 is 0 Å². The summed E-state index contributed by atoms with van der Waals surface area (Å²) in [6, 6.07) is 10.2. The predicted molar refractivity (Wildman–Crippen MR) is 129 cm³/mol. The number of rotatable bonds is 4. The maximum atomic E-state index is 12.8. The summed E-state index contributed by atoms with van der Waals surface area (Å²) >= 11 is 1.54. The summed E-state index contributed by atoms with van der Waals surface area (Å²) in [7, 11) is 0. The zero-order chi connectivity index (χ0) is 22.2. The third kappa shape index (κ3) is 3.95. The average molecular weight is 463 g/mol. The Morgan fingerprint density at radius 3 is 2.85 bits per heavy atom. The van der Waals surface area contributed by atoms with Crippen molar-refractivity contribution in [3.05, 3.63) is 42.2 Å². The molecule has 0 saturated carbocycles. The van der Waals surface area contributed by atoms with Crippen LogP contribution in [0.5, 0.6) is 0 Å². The van der Waals surface area contributed by atoms with Crippen molar-refractivity contribution in [1.82, 2.24) is 24.5 Å². The monoisotopic (exact) mass is 462 g/mol. The molecule has 2 saturated heterocycles. The van der Waals surface area contributed by atoms with Gasteiger partial charge in [-0.2, -0.15) is 9.47 Å². The van der Waals surface area contributed by atoms with Crippen LogP contribution in [0.3, 0.4) is 0 Å². The van der Waals surface area contributed by atoms with Gasteiger partial charge in [0.2, 0.25) is 5.91 Å². The van der Waals surface area contributed by atoms with Crippen molar-refractivity contribution in [2.45, 2.75) is 31.6 Å². The first-order chi connectivity index (χ1) is 16.3. The van der Waals surface area contributed by atoms with Crippen molar-refractivity contribution in [1.29, 1.82) is 0 Å². The van der Waals surface area contributed by atoms with Crippen LogP contribution in [-0.2, 0) is 9.53 Å². The van der Waals surface area contributed by atoms with Gasteiger partial charge in [-0.15, -0.1) is 0 Å². The lowest BCUT2D eigenvalue weighted by atomic mass is 9.90. The van der Waals surface area contributed by atoms with Crippen LogP contribution >= 0.6 is 11.5 Å². The van der Waals surface area contributed by atoms with Crippen LogP contribution in [0.15, 0.2) is 36.5 Å². The first-order valence-corrected chi connectivity index (χ1v) is 12.4. The summed E-state index contributed by atoms with van der Waals surface area (Å²) in [5, 5.41) is 12.0. The lowest BCUT2D eigenvalue weighted by Gasteiger charge is -2.34. The molecule has 8 nitrogen and oxygen atoms in total. The van der Waals surface area contributed by atoms with Crippen LogP contribution in [0.2, 0.25) is 0 Å². The number of amides is 1. The van der Waals surface area contributed by atoms with Gasteiger partial charge in [-0.25, -0.2) is 0 Å². The van der Waals surface area contributed by atoms with Crippen LogP contribution in [0.4, 0.5) is 11.5 Å². The van der Waals surface area contributed by atoms with Crippen molar-refractivity contribution >= 4 is 50.1 Å². The molecule has 1 aromatic carbocycles. The number of hydrogen-bond acceptors (Lipinski definition) is 7. The molecule has 33 heavy (non-hydrogen) atoms. The van der Waals surface area contributed by atoms with Gasteiger partial charge in [0.15, 0.2) is 5.82 Å². The number of aromatic amines is 1. The molecule has 0 bridgehead atoms. The number of hydrogen-bond donors (Lipinski definition) is 2. The van der Waals surface area contributed by atoms with E-state index < -0.39 is 0 Å². The summed E-state index contributed by atoms with van der Waals surface area (Å²) in [6.45, 7) is 3.06. The highest BCUT2D eigenvalue weighted by molar-refractivity contribution is 7.13. The molecule has 2 aliphatic rings. The third-order valence-electron chi connectivity index (χ3n) is 6.85. The lowest BCUT2D eigenvalue weighted by molar-refractivity contribution is -0.139. The summed E-state index contributed by atoms with van der Waals surface area (Å²) in [5.41, 5.74) is 3.87. The van der Waals surface area contributed by atoms with Crippen molar-refractivity contribution in [3.8, 4) is 0 Å². The zero-order valence-corrected chi connectivity index (χ0v) is 19.1. The van der Waals surface area contributed by atoms with E-state index in [1.165, 1.54) is 22.6 Å². The van der Waals surface area contributed by atoms with E-state index in [0.29, 0.717) is 25.0 Å². The fourth-order valence-electron chi connectivity index (χ4n) is 4.98. The highest BCUT2D eigenvalue weighted by atomic mass is 32.1. The Morgan fingerprint density at radius 1 is 1.15 bits per heavy atom. The van der Waals surface area contributed by atoms with E-state index in [1.54, 1.807) is 6.20 Å². The van der Waals surface area contributed by atoms with Gasteiger partial charge in [-0.05, 0) is 67.5 Å². The molecule has 6 rings (SSSR count). The molecule has 0 atom stereocenters. The van der Waals surface area contributed by atoms with Gasteiger partial charge < -0.3 is 15.0 Å².